The molecule has 0 aliphatic carbocycles. The molecule has 1 aliphatic heterocycles. The van der Waals surface area contributed by atoms with Crippen LogP contribution in [0, 0.1) is 0 Å². The van der Waals surface area contributed by atoms with Crippen molar-refractivity contribution >= 4 is 16.7 Å². The van der Waals surface area contributed by atoms with Gasteiger partial charge in [-0.05, 0) is 56.6 Å². The van der Waals surface area contributed by atoms with E-state index in [9.17, 15) is 4.79 Å². The molecule has 4 rings (SSSR count). The minimum atomic E-state index is -2.31. The number of ketones is 1. The van der Waals surface area contributed by atoms with Gasteiger partial charge in [0.05, 0.1) is 29.9 Å². The summed E-state index contributed by atoms with van der Waals surface area (Å²) in [5, 5.41) is 13.3. The number of fused-ring (bicyclic) bond motifs is 1. The molecule has 1 atom stereocenters. The Hall–Kier alpha value is -2.60. The number of carbonyl (C=O) groups is 1. The summed E-state index contributed by atoms with van der Waals surface area (Å²) in [6.07, 6.45) is 5.58. The van der Waals surface area contributed by atoms with E-state index in [1.54, 1.807) is 0 Å². The molecule has 1 saturated heterocycles. The van der Waals surface area contributed by atoms with Crippen LogP contribution in [0.1, 0.15) is 29.6 Å². The zero-order chi connectivity index (χ0) is 20.6. The van der Waals surface area contributed by atoms with Crippen molar-refractivity contribution in [2.45, 2.75) is 32.2 Å². The normalized spacial score (nSPS) is 18.4. The molecule has 0 bridgehead atoms. The third-order valence-corrected chi connectivity index (χ3v) is 5.06. The maximum Gasteiger partial charge on any atom is 0.155 e. The van der Waals surface area contributed by atoms with Crippen molar-refractivity contribution in [3.05, 3.63) is 42.4 Å². The second kappa shape index (κ2) is 6.96. The lowest BCUT2D eigenvalue weighted by molar-refractivity contribution is -0.122. The first-order valence-corrected chi connectivity index (χ1v) is 8.90. The van der Waals surface area contributed by atoms with Crippen molar-refractivity contribution in [3.8, 4) is 11.1 Å². The van der Waals surface area contributed by atoms with E-state index in [0.717, 1.165) is 47.1 Å². The molecule has 0 unspecified atom stereocenters. The number of benzene rings is 1. The lowest BCUT2D eigenvalue weighted by Crippen LogP contribution is -2.37. The standard InChI is InChI=1S/C20H23N5O/c1-14(25-7-3-4-8-25)20(26)11-18-10-16-9-15(5-6-19(16)23-22-18)17-12-21-24(2)13-17/h5-6,9-10,12-14H,3-4,7-8,11H2,1-2H3/t14-/m0/s1/i2D3. The van der Waals surface area contributed by atoms with Crippen LogP contribution in [0.2, 0.25) is 0 Å². The number of rotatable bonds is 5. The van der Waals surface area contributed by atoms with Crippen LogP contribution in [0.4, 0.5) is 0 Å². The molecule has 3 heterocycles. The number of aromatic nitrogens is 4. The Morgan fingerprint density at radius 3 is 2.85 bits per heavy atom. The van der Waals surface area contributed by atoms with Gasteiger partial charge in [-0.3, -0.25) is 14.4 Å². The van der Waals surface area contributed by atoms with E-state index < -0.39 is 6.98 Å². The number of likely N-dealkylation sites (tertiary alicyclic amines) is 1. The number of nitrogens with zero attached hydrogens (tertiary/aromatic N) is 5. The van der Waals surface area contributed by atoms with E-state index in [2.05, 4.69) is 20.2 Å². The van der Waals surface area contributed by atoms with Crippen molar-refractivity contribution in [1.82, 2.24) is 24.9 Å². The van der Waals surface area contributed by atoms with Gasteiger partial charge in [0.15, 0.2) is 5.78 Å². The molecule has 1 aromatic carbocycles. The van der Waals surface area contributed by atoms with Gasteiger partial charge in [-0.1, -0.05) is 6.07 Å². The van der Waals surface area contributed by atoms with Crippen molar-refractivity contribution in [1.29, 1.82) is 0 Å². The van der Waals surface area contributed by atoms with Gasteiger partial charge in [-0.2, -0.15) is 15.3 Å². The zero-order valence-corrected chi connectivity index (χ0v) is 14.7. The van der Waals surface area contributed by atoms with Gasteiger partial charge in [0.1, 0.15) is 0 Å². The molecule has 0 amide bonds. The fourth-order valence-corrected chi connectivity index (χ4v) is 3.48. The SMILES string of the molecule is [2H]C([2H])([2H])n1cc(-c2ccc3nnc(CC(=O)[C@H](C)N4CCCC4)cc3c2)cn1. The molecule has 0 radical (unpaired) electrons. The Bertz CT molecular complexity index is 1040. The predicted octanol–water partition coefficient (Wildman–Crippen LogP) is 2.63. The summed E-state index contributed by atoms with van der Waals surface area (Å²) in [5.41, 5.74) is 2.91. The predicted molar refractivity (Wildman–Crippen MR) is 101 cm³/mol. The summed E-state index contributed by atoms with van der Waals surface area (Å²) in [6, 6.07) is 7.39. The Balaban J connectivity index is 1.56. The Morgan fingerprint density at radius 2 is 2.08 bits per heavy atom. The molecule has 26 heavy (non-hydrogen) atoms. The van der Waals surface area contributed by atoms with E-state index in [-0.39, 0.29) is 18.2 Å². The average Bonchev–Trinajstić information content (AvgIpc) is 3.38. The van der Waals surface area contributed by atoms with Crippen LogP contribution in [0.15, 0.2) is 36.7 Å². The van der Waals surface area contributed by atoms with Crippen molar-refractivity contribution in [3.63, 3.8) is 0 Å². The van der Waals surface area contributed by atoms with Crippen molar-refractivity contribution in [2.24, 2.45) is 6.98 Å². The van der Waals surface area contributed by atoms with E-state index >= 15 is 0 Å². The monoisotopic (exact) mass is 352 g/mol. The highest BCUT2D eigenvalue weighted by Crippen LogP contribution is 2.23. The van der Waals surface area contributed by atoms with Gasteiger partial charge in [-0.15, -0.1) is 0 Å². The summed E-state index contributed by atoms with van der Waals surface area (Å²) in [5.74, 6) is 0.149. The van der Waals surface area contributed by atoms with Gasteiger partial charge in [-0.25, -0.2) is 0 Å². The largest absolute Gasteiger partial charge is 0.298 e. The molecule has 0 spiro atoms. The molecule has 3 aromatic rings. The van der Waals surface area contributed by atoms with E-state index in [0.29, 0.717) is 11.3 Å². The van der Waals surface area contributed by atoms with Gasteiger partial charge in [0.25, 0.3) is 0 Å². The summed E-state index contributed by atoms with van der Waals surface area (Å²) in [7, 11) is 0. The van der Waals surface area contributed by atoms with E-state index in [4.69, 9.17) is 4.11 Å². The fourth-order valence-electron chi connectivity index (χ4n) is 3.48. The van der Waals surface area contributed by atoms with E-state index in [1.165, 1.54) is 12.4 Å². The smallest absolute Gasteiger partial charge is 0.155 e. The number of aryl methyl sites for hydroxylation is 1. The first kappa shape index (κ1) is 13.6. The lowest BCUT2D eigenvalue weighted by Gasteiger charge is -2.22. The third-order valence-electron chi connectivity index (χ3n) is 5.06. The first-order chi connectivity index (χ1) is 13.8. The molecule has 0 saturated carbocycles. The van der Waals surface area contributed by atoms with Crippen LogP contribution < -0.4 is 0 Å². The second-order valence-electron chi connectivity index (χ2n) is 6.84. The highest BCUT2D eigenvalue weighted by atomic mass is 16.1. The molecule has 1 fully saturated rings. The van der Waals surface area contributed by atoms with Gasteiger partial charge in [0.2, 0.25) is 0 Å². The molecule has 0 N–H and O–H groups in total. The quantitative estimate of drug-likeness (QED) is 0.706. The maximum atomic E-state index is 12.6. The van der Waals surface area contributed by atoms with Crippen LogP contribution in [0.25, 0.3) is 22.0 Å². The molecule has 6 heteroatoms. The van der Waals surface area contributed by atoms with Crippen molar-refractivity contribution in [2.75, 3.05) is 13.1 Å². The number of carbonyl (C=O) groups excluding carboxylic acids is 1. The lowest BCUT2D eigenvalue weighted by atomic mass is 10.0. The van der Waals surface area contributed by atoms with Crippen molar-refractivity contribution < 1.29 is 8.91 Å². The highest BCUT2D eigenvalue weighted by Gasteiger charge is 2.24. The fraction of sp³-hybridized carbons (Fsp3) is 0.400. The summed E-state index contributed by atoms with van der Waals surface area (Å²) in [6.45, 7) is 1.61. The van der Waals surface area contributed by atoms with Crippen LogP contribution in [0.5, 0.6) is 0 Å². The topological polar surface area (TPSA) is 63.9 Å². The highest BCUT2D eigenvalue weighted by molar-refractivity contribution is 5.88. The number of hydrogen-bond acceptors (Lipinski definition) is 5. The van der Waals surface area contributed by atoms with Gasteiger partial charge >= 0.3 is 0 Å². The molecule has 6 nitrogen and oxygen atoms in total. The number of Topliss-reactive ketones (excluding diaryl/α,β-unsaturated/α-hetero) is 1. The summed E-state index contributed by atoms with van der Waals surface area (Å²) < 4.78 is 23.3. The summed E-state index contributed by atoms with van der Waals surface area (Å²) in [4.78, 5) is 14.9. The summed E-state index contributed by atoms with van der Waals surface area (Å²) >= 11 is 0. The molecule has 134 valence electrons. The van der Waals surface area contributed by atoms with E-state index in [1.807, 2.05) is 31.2 Å². The Morgan fingerprint density at radius 1 is 1.23 bits per heavy atom. The van der Waals surface area contributed by atoms with Gasteiger partial charge in [0, 0.05) is 28.2 Å². The van der Waals surface area contributed by atoms with Crippen LogP contribution >= 0.6 is 0 Å². The van der Waals surface area contributed by atoms with Crippen LogP contribution in [0.3, 0.4) is 0 Å². The van der Waals surface area contributed by atoms with Gasteiger partial charge < -0.3 is 0 Å². The minimum Gasteiger partial charge on any atom is -0.298 e. The Labute approximate surface area is 157 Å². The number of hydrogen-bond donors (Lipinski definition) is 0. The molecule has 1 aliphatic rings. The maximum absolute atomic E-state index is 12.6. The van der Waals surface area contributed by atoms with Crippen LogP contribution in [-0.2, 0) is 18.2 Å². The van der Waals surface area contributed by atoms with Crippen LogP contribution in [-0.4, -0.2) is 49.8 Å². The molecule has 2 aromatic heterocycles. The Kier molecular flexibility index (Phi) is 3.63. The third kappa shape index (κ3) is 3.37. The molecular weight excluding hydrogens is 326 g/mol. The second-order valence-corrected chi connectivity index (χ2v) is 6.84. The first-order valence-electron chi connectivity index (χ1n) is 10.4. The minimum absolute atomic E-state index is 0.105. The zero-order valence-electron chi connectivity index (χ0n) is 17.7. The average molecular weight is 352 g/mol. The molecular formula is C20H23N5O.